The summed E-state index contributed by atoms with van der Waals surface area (Å²) in [6, 6.07) is 5.17. The molecule has 1 aromatic carbocycles. The number of alkyl carbamates (subject to hydrolysis) is 1. The van der Waals surface area contributed by atoms with Crippen molar-refractivity contribution in [2.45, 2.75) is 110 Å². The number of primary amides is 1. The number of aryl methyl sites for hydroxylation is 1. The molecule has 0 aromatic heterocycles. The van der Waals surface area contributed by atoms with E-state index in [4.69, 9.17) is 10.5 Å². The topological polar surface area (TPSA) is 131 Å². The minimum atomic E-state index is -1.27. The Bertz CT molecular complexity index is 942. The van der Waals surface area contributed by atoms with Gasteiger partial charge in [0.2, 0.25) is 17.7 Å². The third-order valence-electron chi connectivity index (χ3n) is 5.85. The molecular formula is C27H42N4O5. The lowest BCUT2D eigenvalue weighted by atomic mass is 9.87. The molecule has 9 nitrogen and oxygen atoms in total. The van der Waals surface area contributed by atoms with Crippen molar-refractivity contribution in [3.05, 3.63) is 35.4 Å². The zero-order valence-electron chi connectivity index (χ0n) is 22.6. The fraction of sp³-hybridized carbons (Fsp3) is 0.630. The largest absolute Gasteiger partial charge is 0.444 e. The lowest BCUT2D eigenvalue weighted by Gasteiger charge is -2.44. The van der Waals surface area contributed by atoms with Gasteiger partial charge in [0.05, 0.1) is 6.42 Å². The number of ether oxygens (including phenoxy) is 1. The number of carbonyl (C=O) groups is 4. The first-order valence-electron chi connectivity index (χ1n) is 12.6. The van der Waals surface area contributed by atoms with Crippen molar-refractivity contribution in [1.82, 2.24) is 15.5 Å². The van der Waals surface area contributed by atoms with Gasteiger partial charge >= 0.3 is 6.09 Å². The predicted octanol–water partition coefficient (Wildman–Crippen LogP) is 3.35. The van der Waals surface area contributed by atoms with Crippen LogP contribution in [0, 0.1) is 0 Å². The highest BCUT2D eigenvalue weighted by Gasteiger charge is 2.43. The minimum absolute atomic E-state index is 0.213. The highest BCUT2D eigenvalue weighted by molar-refractivity contribution is 5.95. The molecule has 0 heterocycles. The van der Waals surface area contributed by atoms with E-state index < -0.39 is 47.6 Å². The van der Waals surface area contributed by atoms with Crippen LogP contribution < -0.4 is 16.4 Å². The van der Waals surface area contributed by atoms with Gasteiger partial charge in [0.15, 0.2) is 0 Å². The second-order valence-electron chi connectivity index (χ2n) is 11.4. The van der Waals surface area contributed by atoms with Crippen molar-refractivity contribution >= 4 is 23.8 Å². The Morgan fingerprint density at radius 2 is 1.64 bits per heavy atom. The first-order chi connectivity index (χ1) is 16.6. The monoisotopic (exact) mass is 502 g/mol. The van der Waals surface area contributed by atoms with Crippen LogP contribution in [0.15, 0.2) is 24.3 Å². The first kappa shape index (κ1) is 29.1. The average Bonchev–Trinajstić information content (AvgIpc) is 2.68. The molecule has 0 radical (unpaired) electrons. The molecule has 9 heteroatoms. The maximum atomic E-state index is 14.0. The summed E-state index contributed by atoms with van der Waals surface area (Å²) in [7, 11) is 0. The lowest BCUT2D eigenvalue weighted by molar-refractivity contribution is -0.148. The summed E-state index contributed by atoms with van der Waals surface area (Å²) in [6.45, 7) is 12.8. The Labute approximate surface area is 214 Å². The number of hydrogen-bond donors (Lipinski definition) is 3. The number of benzene rings is 1. The van der Waals surface area contributed by atoms with E-state index in [1.807, 2.05) is 52.0 Å². The first-order valence-corrected chi connectivity index (χ1v) is 12.6. The molecule has 1 saturated carbocycles. The van der Waals surface area contributed by atoms with Gasteiger partial charge in [0.1, 0.15) is 17.7 Å². The van der Waals surface area contributed by atoms with E-state index in [-0.39, 0.29) is 11.9 Å². The molecule has 1 aliphatic carbocycles. The van der Waals surface area contributed by atoms with E-state index in [1.54, 1.807) is 20.8 Å². The SMILES string of the molecule is CCc1ccc(C(C(=O)NC(C)(C)C)N(C(=O)C(CC(N)=O)NC(=O)OC(C)(C)C)C2CCC2)cc1. The van der Waals surface area contributed by atoms with Crippen LogP contribution >= 0.6 is 0 Å². The molecule has 1 aliphatic rings. The van der Waals surface area contributed by atoms with Crippen LogP contribution in [0.5, 0.6) is 0 Å². The van der Waals surface area contributed by atoms with Gasteiger partial charge in [-0.25, -0.2) is 4.79 Å². The summed E-state index contributed by atoms with van der Waals surface area (Å²) in [5.41, 5.74) is 5.87. The summed E-state index contributed by atoms with van der Waals surface area (Å²) < 4.78 is 5.31. The maximum Gasteiger partial charge on any atom is 0.408 e. The molecule has 4 amide bonds. The summed E-state index contributed by atoms with van der Waals surface area (Å²) in [6.07, 6.45) is 1.94. The summed E-state index contributed by atoms with van der Waals surface area (Å²) >= 11 is 0. The van der Waals surface area contributed by atoms with Crippen LogP contribution in [0.25, 0.3) is 0 Å². The molecule has 2 atom stereocenters. The van der Waals surface area contributed by atoms with Crippen LogP contribution in [0.3, 0.4) is 0 Å². The highest BCUT2D eigenvalue weighted by atomic mass is 16.6. The van der Waals surface area contributed by atoms with E-state index >= 15 is 0 Å². The number of nitrogens with two attached hydrogens (primary N) is 1. The Morgan fingerprint density at radius 1 is 1.06 bits per heavy atom. The number of nitrogens with zero attached hydrogens (tertiary/aromatic N) is 1. The molecule has 2 rings (SSSR count). The normalized spacial score (nSPS) is 15.8. The highest BCUT2D eigenvalue weighted by Crippen LogP contribution is 2.34. The van der Waals surface area contributed by atoms with Crippen LogP contribution in [0.1, 0.15) is 91.3 Å². The molecule has 0 aliphatic heterocycles. The molecule has 4 N–H and O–H groups in total. The standard InChI is InChI=1S/C27H42N4O5/c1-8-17-12-14-18(15-13-17)22(23(33)30-26(2,3)4)31(19-10-9-11-19)24(34)20(16-21(28)32)29-25(35)36-27(5,6)7/h12-15,19-20,22H,8-11,16H2,1-7H3,(H2,28,32)(H,29,35)(H,30,33). The molecular weight excluding hydrogens is 460 g/mol. The van der Waals surface area contributed by atoms with Crippen molar-refractivity contribution in [2.75, 3.05) is 0 Å². The average molecular weight is 503 g/mol. The third-order valence-corrected chi connectivity index (χ3v) is 5.85. The third kappa shape index (κ3) is 8.53. The van der Waals surface area contributed by atoms with Crippen molar-refractivity contribution in [3.8, 4) is 0 Å². The van der Waals surface area contributed by atoms with E-state index in [2.05, 4.69) is 10.6 Å². The van der Waals surface area contributed by atoms with Crippen molar-refractivity contribution in [1.29, 1.82) is 0 Å². The molecule has 0 spiro atoms. The van der Waals surface area contributed by atoms with Crippen LogP contribution in [-0.4, -0.2) is 51.9 Å². The molecule has 0 saturated heterocycles. The van der Waals surface area contributed by atoms with E-state index in [1.165, 1.54) is 4.90 Å². The number of hydrogen-bond acceptors (Lipinski definition) is 5. The molecule has 200 valence electrons. The fourth-order valence-corrected chi connectivity index (χ4v) is 4.03. The van der Waals surface area contributed by atoms with Gasteiger partial charge in [0, 0.05) is 11.6 Å². The fourth-order valence-electron chi connectivity index (χ4n) is 4.03. The summed E-state index contributed by atoms with van der Waals surface area (Å²) in [4.78, 5) is 53.6. The summed E-state index contributed by atoms with van der Waals surface area (Å²) in [5, 5.41) is 5.51. The molecule has 36 heavy (non-hydrogen) atoms. The predicted molar refractivity (Wildman–Crippen MR) is 138 cm³/mol. The van der Waals surface area contributed by atoms with Gasteiger partial charge in [0.25, 0.3) is 0 Å². The number of nitrogens with one attached hydrogen (secondary N) is 2. The molecule has 1 fully saturated rings. The van der Waals surface area contributed by atoms with Gasteiger partial charge in [-0.3, -0.25) is 14.4 Å². The quantitative estimate of drug-likeness (QED) is 0.477. The second kappa shape index (κ2) is 11.8. The zero-order chi connectivity index (χ0) is 27.3. The number of amides is 4. The van der Waals surface area contributed by atoms with Crippen LogP contribution in [-0.2, 0) is 25.5 Å². The van der Waals surface area contributed by atoms with E-state index in [0.29, 0.717) is 18.4 Å². The number of rotatable bonds is 9. The van der Waals surface area contributed by atoms with Crippen molar-refractivity contribution < 1.29 is 23.9 Å². The van der Waals surface area contributed by atoms with Crippen molar-refractivity contribution in [3.63, 3.8) is 0 Å². The van der Waals surface area contributed by atoms with E-state index in [0.717, 1.165) is 18.4 Å². The Hall–Kier alpha value is -3.10. The maximum absolute atomic E-state index is 14.0. The van der Waals surface area contributed by atoms with Gasteiger partial charge in [-0.2, -0.15) is 0 Å². The van der Waals surface area contributed by atoms with Gasteiger partial charge < -0.3 is 26.0 Å². The Kier molecular flexibility index (Phi) is 9.51. The zero-order valence-corrected chi connectivity index (χ0v) is 22.6. The number of carbonyl (C=O) groups excluding carboxylic acids is 4. The Balaban J connectivity index is 2.51. The Morgan fingerprint density at radius 3 is 2.06 bits per heavy atom. The van der Waals surface area contributed by atoms with Crippen LogP contribution in [0.2, 0.25) is 0 Å². The smallest absolute Gasteiger partial charge is 0.408 e. The minimum Gasteiger partial charge on any atom is -0.444 e. The molecule has 0 bridgehead atoms. The summed E-state index contributed by atoms with van der Waals surface area (Å²) in [5.74, 6) is -1.62. The van der Waals surface area contributed by atoms with Gasteiger partial charge in [-0.1, -0.05) is 31.2 Å². The van der Waals surface area contributed by atoms with Crippen molar-refractivity contribution in [2.24, 2.45) is 5.73 Å². The molecule has 1 aromatic rings. The van der Waals surface area contributed by atoms with Gasteiger partial charge in [-0.15, -0.1) is 0 Å². The lowest BCUT2D eigenvalue weighted by Crippen LogP contribution is -2.59. The van der Waals surface area contributed by atoms with E-state index in [9.17, 15) is 19.2 Å². The second-order valence-corrected chi connectivity index (χ2v) is 11.4. The van der Waals surface area contributed by atoms with Gasteiger partial charge in [-0.05, 0) is 78.4 Å². The molecule has 2 unspecified atom stereocenters. The van der Waals surface area contributed by atoms with Crippen LogP contribution in [0.4, 0.5) is 4.79 Å².